The number of esters is 3. The SMILES string of the molecule is CC/C=C\C/C=C\C/C=C\C/C=C\C/C=C\C/C=C\C/C=C\CCCCCC(=O)OCC(COC(=O)CCCCCCC/C=C\CCCCC)OC(=O)CCCCCCCCCCCCCCCCCCC. The minimum Gasteiger partial charge on any atom is -0.462 e. The Bertz CT molecular complexity index is 1430. The van der Waals surface area contributed by atoms with Crippen LogP contribution in [0.1, 0.15) is 284 Å². The number of unbranched alkanes of at least 4 members (excludes halogenated alkanes) is 27. The average molecular weight is 1000 g/mol. The van der Waals surface area contributed by atoms with E-state index in [9.17, 15) is 14.4 Å². The Balaban J connectivity index is 4.39. The first kappa shape index (κ1) is 68.3. The minimum absolute atomic E-state index is 0.0909. The molecule has 0 aromatic carbocycles. The minimum atomic E-state index is -0.794. The number of ether oxygens (including phenoxy) is 3. The first-order valence-electron chi connectivity index (χ1n) is 30.2. The second-order valence-corrected chi connectivity index (χ2v) is 19.9. The van der Waals surface area contributed by atoms with E-state index in [0.717, 1.165) is 116 Å². The molecule has 0 spiro atoms. The van der Waals surface area contributed by atoms with E-state index in [-0.39, 0.29) is 31.1 Å². The van der Waals surface area contributed by atoms with Crippen LogP contribution in [0, 0.1) is 0 Å². The molecule has 1 unspecified atom stereocenters. The number of rotatable bonds is 54. The van der Waals surface area contributed by atoms with Gasteiger partial charge in [0.2, 0.25) is 0 Å². The average Bonchev–Trinajstić information content (AvgIpc) is 3.38. The molecule has 0 aliphatic rings. The Morgan fingerprint density at radius 1 is 0.292 bits per heavy atom. The predicted molar refractivity (Wildman–Crippen MR) is 311 cm³/mol. The van der Waals surface area contributed by atoms with E-state index < -0.39 is 6.10 Å². The zero-order valence-corrected chi connectivity index (χ0v) is 47.2. The van der Waals surface area contributed by atoms with Crippen LogP contribution < -0.4 is 0 Å². The molecule has 1 atom stereocenters. The molecule has 0 amide bonds. The predicted octanol–water partition coefficient (Wildman–Crippen LogP) is 20.5. The lowest BCUT2D eigenvalue weighted by Gasteiger charge is -2.18. The molecule has 0 saturated heterocycles. The maximum absolute atomic E-state index is 12.9. The highest BCUT2D eigenvalue weighted by atomic mass is 16.6. The molecule has 0 aromatic rings. The van der Waals surface area contributed by atoms with Crippen LogP contribution in [0.25, 0.3) is 0 Å². The van der Waals surface area contributed by atoms with Crippen molar-refractivity contribution in [3.63, 3.8) is 0 Å². The molecule has 0 N–H and O–H groups in total. The van der Waals surface area contributed by atoms with E-state index in [1.165, 1.54) is 128 Å². The Labute approximate surface area is 445 Å². The number of carbonyl (C=O) groups is 3. The fraction of sp³-hybridized carbons (Fsp3) is 0.712. The van der Waals surface area contributed by atoms with Gasteiger partial charge in [-0.25, -0.2) is 0 Å². The third kappa shape index (κ3) is 57.2. The molecule has 0 aliphatic heterocycles. The Morgan fingerprint density at radius 3 is 0.903 bits per heavy atom. The van der Waals surface area contributed by atoms with Crippen LogP contribution in [0.3, 0.4) is 0 Å². The summed E-state index contributed by atoms with van der Waals surface area (Å²) in [5.41, 5.74) is 0. The summed E-state index contributed by atoms with van der Waals surface area (Å²) in [7, 11) is 0. The highest BCUT2D eigenvalue weighted by Crippen LogP contribution is 2.16. The van der Waals surface area contributed by atoms with Gasteiger partial charge in [0.15, 0.2) is 6.10 Å². The van der Waals surface area contributed by atoms with Crippen molar-refractivity contribution in [3.05, 3.63) is 97.2 Å². The molecular weight excluding hydrogens is 889 g/mol. The van der Waals surface area contributed by atoms with Crippen LogP contribution in [0.2, 0.25) is 0 Å². The first-order valence-corrected chi connectivity index (χ1v) is 30.2. The summed E-state index contributed by atoms with van der Waals surface area (Å²) in [5.74, 6) is -0.926. The fourth-order valence-electron chi connectivity index (χ4n) is 8.30. The fourth-order valence-corrected chi connectivity index (χ4v) is 8.30. The maximum Gasteiger partial charge on any atom is 0.306 e. The van der Waals surface area contributed by atoms with E-state index in [1.54, 1.807) is 0 Å². The van der Waals surface area contributed by atoms with Crippen molar-refractivity contribution in [2.75, 3.05) is 13.2 Å². The molecular formula is C66H112O6. The Morgan fingerprint density at radius 2 is 0.542 bits per heavy atom. The first-order chi connectivity index (χ1) is 35.5. The monoisotopic (exact) mass is 1000 g/mol. The second kappa shape index (κ2) is 59.9. The summed E-state index contributed by atoms with van der Waals surface area (Å²) >= 11 is 0. The molecule has 72 heavy (non-hydrogen) atoms. The van der Waals surface area contributed by atoms with Gasteiger partial charge in [0, 0.05) is 19.3 Å². The highest BCUT2D eigenvalue weighted by molar-refractivity contribution is 5.71. The van der Waals surface area contributed by atoms with E-state index in [4.69, 9.17) is 14.2 Å². The van der Waals surface area contributed by atoms with Gasteiger partial charge < -0.3 is 14.2 Å². The molecule has 0 fully saturated rings. The lowest BCUT2D eigenvalue weighted by atomic mass is 10.0. The van der Waals surface area contributed by atoms with Crippen molar-refractivity contribution in [1.82, 2.24) is 0 Å². The smallest absolute Gasteiger partial charge is 0.306 e. The molecule has 0 saturated carbocycles. The Hall–Kier alpha value is -3.67. The summed E-state index contributed by atoms with van der Waals surface area (Å²) in [6, 6.07) is 0. The van der Waals surface area contributed by atoms with Gasteiger partial charge >= 0.3 is 17.9 Å². The number of carbonyl (C=O) groups excluding carboxylic acids is 3. The standard InChI is InChI=1S/C66H112O6/c1-4-7-10-13-16-19-22-25-27-29-30-31-32-33-34-35-36-38-39-41-44-47-50-53-56-59-65(68)71-62-63(61-70-64(67)58-55-52-49-46-43-24-21-18-15-12-9-6-3)72-66(69)60-57-54-51-48-45-42-40-37-28-26-23-20-17-14-11-8-5-2/h7,10,16,18-19,21,25,27,30-31,33-34,36,38,41,44,63H,4-6,8-9,11-15,17,20,22-24,26,28-29,32,35,37,39-40,42-43,45-62H2,1-3H3/b10-7-,19-16-,21-18-,27-25-,31-30-,34-33-,38-36-,44-41-. The van der Waals surface area contributed by atoms with Crippen LogP contribution in [0.4, 0.5) is 0 Å². The van der Waals surface area contributed by atoms with Crippen molar-refractivity contribution < 1.29 is 28.6 Å². The summed E-state index contributed by atoms with van der Waals surface area (Å²) < 4.78 is 16.9. The number of hydrogen-bond donors (Lipinski definition) is 0. The van der Waals surface area contributed by atoms with Gasteiger partial charge in [0.05, 0.1) is 0 Å². The second-order valence-electron chi connectivity index (χ2n) is 19.9. The van der Waals surface area contributed by atoms with Crippen molar-refractivity contribution in [2.45, 2.75) is 290 Å². The van der Waals surface area contributed by atoms with Crippen molar-refractivity contribution in [3.8, 4) is 0 Å². The van der Waals surface area contributed by atoms with Gasteiger partial charge in [-0.2, -0.15) is 0 Å². The quantitative estimate of drug-likeness (QED) is 0.0261. The molecule has 6 nitrogen and oxygen atoms in total. The molecule has 6 heteroatoms. The third-order valence-electron chi connectivity index (χ3n) is 12.8. The molecule has 0 aliphatic carbocycles. The molecule has 0 heterocycles. The van der Waals surface area contributed by atoms with Crippen molar-refractivity contribution in [2.24, 2.45) is 0 Å². The van der Waals surface area contributed by atoms with Crippen molar-refractivity contribution in [1.29, 1.82) is 0 Å². The van der Waals surface area contributed by atoms with E-state index in [0.29, 0.717) is 19.3 Å². The van der Waals surface area contributed by atoms with Gasteiger partial charge in [0.1, 0.15) is 13.2 Å². The van der Waals surface area contributed by atoms with E-state index in [2.05, 4.69) is 118 Å². The number of hydrogen-bond acceptors (Lipinski definition) is 6. The van der Waals surface area contributed by atoms with Crippen LogP contribution in [-0.2, 0) is 28.6 Å². The van der Waals surface area contributed by atoms with Gasteiger partial charge in [-0.3, -0.25) is 14.4 Å². The lowest BCUT2D eigenvalue weighted by Crippen LogP contribution is -2.30. The van der Waals surface area contributed by atoms with Crippen LogP contribution in [-0.4, -0.2) is 37.2 Å². The molecule has 0 rings (SSSR count). The third-order valence-corrected chi connectivity index (χ3v) is 12.8. The molecule has 0 bridgehead atoms. The largest absolute Gasteiger partial charge is 0.462 e. The molecule has 0 radical (unpaired) electrons. The zero-order valence-electron chi connectivity index (χ0n) is 47.2. The van der Waals surface area contributed by atoms with Gasteiger partial charge in [-0.05, 0) is 103 Å². The highest BCUT2D eigenvalue weighted by Gasteiger charge is 2.19. The topological polar surface area (TPSA) is 78.9 Å². The summed E-state index contributed by atoms with van der Waals surface area (Å²) in [4.78, 5) is 38.2. The summed E-state index contributed by atoms with van der Waals surface area (Å²) in [5, 5.41) is 0. The van der Waals surface area contributed by atoms with Gasteiger partial charge in [-0.1, -0.05) is 259 Å². The van der Waals surface area contributed by atoms with Gasteiger partial charge in [-0.15, -0.1) is 0 Å². The summed E-state index contributed by atoms with van der Waals surface area (Å²) in [6.07, 6.45) is 79.7. The molecule has 0 aromatic heterocycles. The lowest BCUT2D eigenvalue weighted by molar-refractivity contribution is -0.167. The van der Waals surface area contributed by atoms with Crippen molar-refractivity contribution >= 4 is 17.9 Å². The van der Waals surface area contributed by atoms with Crippen LogP contribution >= 0.6 is 0 Å². The molecule has 412 valence electrons. The van der Waals surface area contributed by atoms with Crippen LogP contribution in [0.5, 0.6) is 0 Å². The van der Waals surface area contributed by atoms with E-state index >= 15 is 0 Å². The summed E-state index contributed by atoms with van der Waals surface area (Å²) in [6.45, 7) is 6.49. The zero-order chi connectivity index (χ0) is 52.2. The van der Waals surface area contributed by atoms with E-state index in [1.807, 2.05) is 0 Å². The normalized spacial score (nSPS) is 12.8. The maximum atomic E-state index is 12.9. The Kier molecular flexibility index (Phi) is 56.8. The van der Waals surface area contributed by atoms with Crippen LogP contribution in [0.15, 0.2) is 97.2 Å². The number of allylic oxidation sites excluding steroid dienone is 16. The van der Waals surface area contributed by atoms with Gasteiger partial charge in [0.25, 0.3) is 0 Å².